The van der Waals surface area contributed by atoms with E-state index in [9.17, 15) is 30.1 Å². The Morgan fingerprint density at radius 3 is 2.68 bits per heavy atom. The molecular weight excluding hydrogens is 570 g/mol. The highest BCUT2D eigenvalue weighted by Gasteiger charge is 2.47. The maximum Gasteiger partial charge on any atom is 0.407 e. The number of amides is 1. The standard InChI is InChI=1S/C30H37N7O7/c1-34-14-6-9-22(34)19-44-28-32-24(17-30(27(38)43-2)12-5-8-20-7-3-4-10-23(20)30)25(37(41)42)26(33-28)35-15-16-36(29(39)40)21(18-35)11-13-31/h3-4,7,10,21-22H,5-6,8-9,11-12,14-19H2,1-2H3,(H,39,40)/t21?,22-,30?/m0/s1. The molecule has 14 nitrogen and oxygen atoms in total. The molecular formula is C30H37N7O7. The summed E-state index contributed by atoms with van der Waals surface area (Å²) in [7, 11) is 3.32. The molecule has 1 aromatic heterocycles. The number of aromatic nitrogens is 2. The van der Waals surface area contributed by atoms with Crippen molar-refractivity contribution in [1.29, 1.82) is 5.26 Å². The van der Waals surface area contributed by atoms with Crippen LogP contribution in [-0.4, -0.2) is 101 Å². The molecule has 3 atom stereocenters. The van der Waals surface area contributed by atoms with Gasteiger partial charge in [0, 0.05) is 32.1 Å². The van der Waals surface area contributed by atoms with Crippen LogP contribution in [0.1, 0.15) is 48.9 Å². The van der Waals surface area contributed by atoms with Gasteiger partial charge in [-0.25, -0.2) is 4.79 Å². The molecule has 14 heteroatoms. The van der Waals surface area contributed by atoms with E-state index in [-0.39, 0.29) is 68.3 Å². The van der Waals surface area contributed by atoms with E-state index in [0.717, 1.165) is 36.9 Å². The summed E-state index contributed by atoms with van der Waals surface area (Å²) < 4.78 is 11.4. The fraction of sp³-hybridized carbons (Fsp3) is 0.567. The van der Waals surface area contributed by atoms with Gasteiger partial charge in [-0.2, -0.15) is 15.2 Å². The van der Waals surface area contributed by atoms with Gasteiger partial charge in [0.15, 0.2) is 0 Å². The normalized spacial score (nSPS) is 23.5. The SMILES string of the molecule is COC(=O)C1(Cc2nc(OC[C@@H]3CCCN3C)nc(N3CCN(C(=O)O)C(CC#N)C3)c2[N+](=O)[O-])CCCc2ccccc21. The van der Waals surface area contributed by atoms with Crippen LogP contribution in [-0.2, 0) is 27.8 Å². The first kappa shape index (κ1) is 30.9. The van der Waals surface area contributed by atoms with Gasteiger partial charge in [0.25, 0.3) is 0 Å². The van der Waals surface area contributed by atoms with Crippen LogP contribution in [0.4, 0.5) is 16.3 Å². The zero-order valence-electron chi connectivity index (χ0n) is 25.0. The summed E-state index contributed by atoms with van der Waals surface area (Å²) in [5.41, 5.74) is 0.183. The zero-order chi connectivity index (χ0) is 31.4. The van der Waals surface area contributed by atoms with Crippen LogP contribution in [0.3, 0.4) is 0 Å². The van der Waals surface area contributed by atoms with Crippen molar-refractivity contribution in [3.05, 3.63) is 51.2 Å². The van der Waals surface area contributed by atoms with Gasteiger partial charge < -0.3 is 29.3 Å². The molecule has 2 saturated heterocycles. The molecule has 2 fully saturated rings. The quantitative estimate of drug-likeness (QED) is 0.251. The number of benzene rings is 1. The average Bonchev–Trinajstić information content (AvgIpc) is 3.43. The molecule has 234 valence electrons. The molecule has 1 aliphatic carbocycles. The van der Waals surface area contributed by atoms with E-state index in [4.69, 9.17) is 9.47 Å². The van der Waals surface area contributed by atoms with E-state index in [1.807, 2.05) is 37.4 Å². The monoisotopic (exact) mass is 607 g/mol. The number of anilines is 1. The number of piperazine rings is 1. The number of nitriles is 1. The smallest absolute Gasteiger partial charge is 0.407 e. The Balaban J connectivity index is 1.61. The van der Waals surface area contributed by atoms with Crippen molar-refractivity contribution in [2.75, 3.05) is 51.8 Å². The molecule has 1 amide bonds. The molecule has 2 aliphatic heterocycles. The van der Waals surface area contributed by atoms with E-state index in [1.54, 1.807) is 4.90 Å². The second-order valence-electron chi connectivity index (χ2n) is 11.7. The lowest BCUT2D eigenvalue weighted by Crippen LogP contribution is -2.55. The van der Waals surface area contributed by atoms with Crippen LogP contribution >= 0.6 is 0 Å². The number of hydrogen-bond donors (Lipinski definition) is 1. The lowest BCUT2D eigenvalue weighted by molar-refractivity contribution is -0.385. The summed E-state index contributed by atoms with van der Waals surface area (Å²) in [4.78, 5) is 51.7. The second-order valence-corrected chi connectivity index (χ2v) is 11.7. The van der Waals surface area contributed by atoms with Gasteiger partial charge in [-0.15, -0.1) is 0 Å². The summed E-state index contributed by atoms with van der Waals surface area (Å²) >= 11 is 0. The fourth-order valence-corrected chi connectivity index (χ4v) is 6.87. The van der Waals surface area contributed by atoms with E-state index < -0.39 is 28.4 Å². The molecule has 0 radical (unpaired) electrons. The van der Waals surface area contributed by atoms with Crippen molar-refractivity contribution < 1.29 is 29.1 Å². The number of esters is 1. The summed E-state index contributed by atoms with van der Waals surface area (Å²) in [5.74, 6) is -0.523. The largest absolute Gasteiger partial charge is 0.468 e. The summed E-state index contributed by atoms with van der Waals surface area (Å²) in [5, 5.41) is 31.9. The molecule has 0 bridgehead atoms. The number of likely N-dealkylation sites (N-methyl/N-ethyl adjacent to an activating group) is 1. The minimum Gasteiger partial charge on any atom is -0.468 e. The average molecular weight is 608 g/mol. The highest BCUT2D eigenvalue weighted by molar-refractivity contribution is 5.85. The van der Waals surface area contributed by atoms with Crippen molar-refractivity contribution in [3.8, 4) is 12.1 Å². The van der Waals surface area contributed by atoms with Crippen LogP contribution in [0, 0.1) is 21.4 Å². The molecule has 1 aromatic carbocycles. The lowest BCUT2D eigenvalue weighted by Gasteiger charge is -2.39. The summed E-state index contributed by atoms with van der Waals surface area (Å²) in [6.45, 7) is 1.37. The van der Waals surface area contributed by atoms with Gasteiger partial charge in [0.2, 0.25) is 5.82 Å². The molecule has 3 heterocycles. The molecule has 2 unspecified atom stereocenters. The zero-order valence-corrected chi connectivity index (χ0v) is 25.0. The maximum atomic E-state index is 13.6. The van der Waals surface area contributed by atoms with Gasteiger partial charge in [-0.1, -0.05) is 24.3 Å². The third kappa shape index (κ3) is 5.96. The number of carbonyl (C=O) groups is 2. The Kier molecular flexibility index (Phi) is 9.14. The Morgan fingerprint density at radius 1 is 1.20 bits per heavy atom. The van der Waals surface area contributed by atoms with Gasteiger partial charge in [-0.3, -0.25) is 14.9 Å². The van der Waals surface area contributed by atoms with Crippen LogP contribution in [0.5, 0.6) is 6.01 Å². The first-order valence-electron chi connectivity index (χ1n) is 14.8. The number of methoxy groups -OCH3 is 1. The first-order chi connectivity index (χ1) is 21.2. The van der Waals surface area contributed by atoms with Crippen LogP contribution < -0.4 is 9.64 Å². The minimum absolute atomic E-state index is 0.0208. The number of carboxylic acid groups (broad SMARTS) is 1. The van der Waals surface area contributed by atoms with Crippen molar-refractivity contribution in [3.63, 3.8) is 0 Å². The summed E-state index contributed by atoms with van der Waals surface area (Å²) in [6.07, 6.45) is 2.45. The Hall–Kier alpha value is -4.51. The molecule has 5 rings (SSSR count). The van der Waals surface area contributed by atoms with Gasteiger partial charge in [0.05, 0.1) is 36.0 Å². The Labute approximate surface area is 255 Å². The third-order valence-corrected chi connectivity index (χ3v) is 9.16. The molecule has 1 N–H and O–H groups in total. The van der Waals surface area contributed by atoms with Crippen molar-refractivity contribution in [2.45, 2.75) is 62.4 Å². The highest BCUT2D eigenvalue weighted by atomic mass is 16.6. The number of carbonyl (C=O) groups excluding carboxylic acids is 1. The predicted molar refractivity (Wildman–Crippen MR) is 158 cm³/mol. The maximum absolute atomic E-state index is 13.6. The lowest BCUT2D eigenvalue weighted by atomic mass is 9.67. The second kappa shape index (κ2) is 13.0. The fourth-order valence-electron chi connectivity index (χ4n) is 6.87. The topological polar surface area (TPSA) is 175 Å². The number of hydrogen-bond acceptors (Lipinski definition) is 11. The Bertz CT molecular complexity index is 1460. The predicted octanol–water partition coefficient (Wildman–Crippen LogP) is 2.93. The van der Waals surface area contributed by atoms with Crippen molar-refractivity contribution in [1.82, 2.24) is 19.8 Å². The van der Waals surface area contributed by atoms with Gasteiger partial charge in [-0.05, 0) is 56.8 Å². The highest BCUT2D eigenvalue weighted by Crippen LogP contribution is 2.44. The molecule has 44 heavy (non-hydrogen) atoms. The number of ether oxygens (including phenoxy) is 2. The van der Waals surface area contributed by atoms with E-state index in [1.165, 1.54) is 12.0 Å². The van der Waals surface area contributed by atoms with Gasteiger partial charge in [0.1, 0.15) is 12.3 Å². The number of aryl methyl sites for hydroxylation is 1. The van der Waals surface area contributed by atoms with Crippen molar-refractivity contribution in [2.24, 2.45) is 0 Å². The van der Waals surface area contributed by atoms with Crippen LogP contribution in [0.2, 0.25) is 0 Å². The van der Waals surface area contributed by atoms with Crippen molar-refractivity contribution >= 4 is 23.6 Å². The van der Waals surface area contributed by atoms with E-state index in [2.05, 4.69) is 14.9 Å². The molecule has 0 spiro atoms. The number of likely N-dealkylation sites (tertiary alicyclic amines) is 1. The van der Waals surface area contributed by atoms with Crippen LogP contribution in [0.25, 0.3) is 0 Å². The van der Waals surface area contributed by atoms with Crippen LogP contribution in [0.15, 0.2) is 24.3 Å². The third-order valence-electron chi connectivity index (χ3n) is 9.16. The Morgan fingerprint density at radius 2 is 2.00 bits per heavy atom. The molecule has 0 saturated carbocycles. The summed E-state index contributed by atoms with van der Waals surface area (Å²) in [6, 6.07) is 8.94. The number of nitro groups is 1. The van der Waals surface area contributed by atoms with Gasteiger partial charge >= 0.3 is 23.8 Å². The number of fused-ring (bicyclic) bond motifs is 1. The number of rotatable bonds is 9. The first-order valence-corrected chi connectivity index (χ1v) is 14.8. The molecule has 2 aromatic rings. The van der Waals surface area contributed by atoms with E-state index in [0.29, 0.717) is 12.8 Å². The number of nitrogens with zero attached hydrogens (tertiary/aromatic N) is 7. The molecule has 3 aliphatic rings. The van der Waals surface area contributed by atoms with E-state index >= 15 is 0 Å². The minimum atomic E-state index is -1.21.